The minimum atomic E-state index is -5.08. The topological polar surface area (TPSA) is 159 Å². The van der Waals surface area contributed by atoms with Crippen molar-refractivity contribution in [3.63, 3.8) is 0 Å². The molecule has 0 aliphatic carbocycles. The predicted molar refractivity (Wildman–Crippen MR) is 132 cm³/mol. The Morgan fingerprint density at radius 3 is 1.83 bits per heavy atom. The van der Waals surface area contributed by atoms with Gasteiger partial charge in [-0.05, 0) is 42.5 Å². The Bertz CT molecular complexity index is 1210. The molecule has 46 heavy (non-hydrogen) atoms. The first-order valence-electron chi connectivity index (χ1n) is 12.5. The molecular weight excluding hydrogens is 660 g/mol. The number of pyridine rings is 2. The molecule has 2 fully saturated rings. The SMILES string of the molecule is Fc1cccnc1OCCC1CCOC12CN(Cc1cccnc1)C2.O=C(O)C(F)(F)F.O=C(O)C(F)(F)F.O=C(O)C(F)(F)F. The zero-order valence-electron chi connectivity index (χ0n) is 23.1. The van der Waals surface area contributed by atoms with Crippen molar-refractivity contribution >= 4 is 17.9 Å². The van der Waals surface area contributed by atoms with Gasteiger partial charge in [0.05, 0.1) is 12.2 Å². The van der Waals surface area contributed by atoms with E-state index in [2.05, 4.69) is 20.9 Å². The maximum absolute atomic E-state index is 13.6. The number of halogens is 10. The van der Waals surface area contributed by atoms with Crippen LogP contribution in [0, 0.1) is 11.7 Å². The van der Waals surface area contributed by atoms with Gasteiger partial charge in [0.15, 0.2) is 5.82 Å². The van der Waals surface area contributed by atoms with Crippen LogP contribution in [0.25, 0.3) is 0 Å². The van der Waals surface area contributed by atoms with Crippen molar-refractivity contribution in [2.45, 2.75) is 43.5 Å². The number of ether oxygens (including phenoxy) is 2. The van der Waals surface area contributed by atoms with Gasteiger partial charge in [-0.25, -0.2) is 23.8 Å². The summed E-state index contributed by atoms with van der Waals surface area (Å²) in [5, 5.41) is 21.4. The highest BCUT2D eigenvalue weighted by molar-refractivity contribution is 5.73. The fraction of sp³-hybridized carbons (Fsp3) is 0.480. The normalized spacial score (nSPS) is 17.1. The molecule has 0 saturated carbocycles. The van der Waals surface area contributed by atoms with E-state index in [-0.39, 0.29) is 11.5 Å². The number of rotatable bonds is 6. The molecule has 2 saturated heterocycles. The number of hydrogen-bond donors (Lipinski definition) is 3. The molecule has 0 bridgehead atoms. The summed E-state index contributed by atoms with van der Waals surface area (Å²) in [6, 6.07) is 6.99. The molecule has 21 heteroatoms. The van der Waals surface area contributed by atoms with E-state index in [0.29, 0.717) is 12.5 Å². The lowest BCUT2D eigenvalue weighted by molar-refractivity contribution is -0.193. The van der Waals surface area contributed by atoms with Crippen LogP contribution >= 0.6 is 0 Å². The molecule has 1 unspecified atom stereocenters. The first kappa shape index (κ1) is 39.8. The number of nitrogens with zero attached hydrogens (tertiary/aromatic N) is 3. The van der Waals surface area contributed by atoms with Crippen molar-refractivity contribution in [3.05, 3.63) is 54.2 Å². The van der Waals surface area contributed by atoms with E-state index in [1.54, 1.807) is 18.5 Å². The summed E-state index contributed by atoms with van der Waals surface area (Å²) in [5.41, 5.74) is 1.16. The van der Waals surface area contributed by atoms with Gasteiger partial charge >= 0.3 is 36.4 Å². The summed E-state index contributed by atoms with van der Waals surface area (Å²) in [7, 11) is 0. The summed E-state index contributed by atoms with van der Waals surface area (Å²) in [5.74, 6) is -8.15. The molecule has 1 atom stereocenters. The molecule has 4 rings (SSSR count). The van der Waals surface area contributed by atoms with Gasteiger partial charge in [-0.1, -0.05) is 6.07 Å². The summed E-state index contributed by atoms with van der Waals surface area (Å²) >= 11 is 0. The van der Waals surface area contributed by atoms with Crippen LogP contribution < -0.4 is 4.74 Å². The highest BCUT2D eigenvalue weighted by Crippen LogP contribution is 2.42. The third-order valence-corrected chi connectivity index (χ3v) is 5.87. The van der Waals surface area contributed by atoms with Gasteiger partial charge in [-0.2, -0.15) is 39.5 Å². The lowest BCUT2D eigenvalue weighted by atomic mass is 9.79. The highest BCUT2D eigenvalue weighted by atomic mass is 19.4. The summed E-state index contributed by atoms with van der Waals surface area (Å²) in [4.78, 5) is 37.2. The number of aromatic nitrogens is 2. The Kier molecular flexibility index (Phi) is 14.6. The van der Waals surface area contributed by atoms with Crippen molar-refractivity contribution in [1.82, 2.24) is 14.9 Å². The number of carboxylic acid groups (broad SMARTS) is 3. The Morgan fingerprint density at radius 1 is 0.891 bits per heavy atom. The average molecular weight is 685 g/mol. The Balaban J connectivity index is 0.000000413. The number of likely N-dealkylation sites (tertiary alicyclic amines) is 1. The fourth-order valence-electron chi connectivity index (χ4n) is 3.89. The van der Waals surface area contributed by atoms with Crippen LogP contribution in [-0.2, 0) is 25.7 Å². The number of aliphatic carboxylic acids is 3. The van der Waals surface area contributed by atoms with E-state index in [1.165, 1.54) is 11.6 Å². The molecule has 0 amide bonds. The van der Waals surface area contributed by atoms with Crippen LogP contribution in [0.1, 0.15) is 18.4 Å². The van der Waals surface area contributed by atoms with Crippen molar-refractivity contribution in [1.29, 1.82) is 0 Å². The second kappa shape index (κ2) is 16.9. The maximum Gasteiger partial charge on any atom is 0.490 e. The van der Waals surface area contributed by atoms with Crippen LogP contribution in [0.5, 0.6) is 5.88 Å². The fourth-order valence-corrected chi connectivity index (χ4v) is 3.89. The van der Waals surface area contributed by atoms with Gasteiger partial charge in [-0.3, -0.25) is 9.88 Å². The van der Waals surface area contributed by atoms with E-state index >= 15 is 0 Å². The second-order valence-electron chi connectivity index (χ2n) is 9.24. The number of carbonyl (C=O) groups is 3. The van der Waals surface area contributed by atoms with Gasteiger partial charge in [0, 0.05) is 44.8 Å². The van der Waals surface area contributed by atoms with Crippen molar-refractivity contribution < 1.29 is 83.1 Å². The molecule has 4 heterocycles. The van der Waals surface area contributed by atoms with E-state index in [9.17, 15) is 43.9 Å². The molecule has 0 radical (unpaired) electrons. The molecule has 258 valence electrons. The number of hydrogen-bond acceptors (Lipinski definition) is 8. The average Bonchev–Trinajstić information content (AvgIpc) is 3.33. The zero-order chi connectivity index (χ0) is 35.3. The first-order valence-corrected chi connectivity index (χ1v) is 12.5. The van der Waals surface area contributed by atoms with E-state index < -0.39 is 42.3 Å². The van der Waals surface area contributed by atoms with Crippen molar-refractivity contribution in [2.24, 2.45) is 5.92 Å². The zero-order valence-corrected chi connectivity index (χ0v) is 23.1. The highest BCUT2D eigenvalue weighted by Gasteiger charge is 2.52. The molecule has 2 aromatic heterocycles. The molecule has 2 aliphatic rings. The van der Waals surface area contributed by atoms with Gasteiger partial charge in [0.2, 0.25) is 5.88 Å². The lowest BCUT2D eigenvalue weighted by Crippen LogP contribution is -2.64. The number of carboxylic acids is 3. The lowest BCUT2D eigenvalue weighted by Gasteiger charge is -2.50. The molecule has 2 aliphatic heterocycles. The quantitative estimate of drug-likeness (QED) is 0.366. The minimum absolute atomic E-state index is 0.0613. The van der Waals surface area contributed by atoms with E-state index in [0.717, 1.165) is 39.1 Å². The summed E-state index contributed by atoms with van der Waals surface area (Å²) in [6.07, 6.45) is -8.11. The maximum atomic E-state index is 13.6. The largest absolute Gasteiger partial charge is 0.490 e. The molecule has 0 aromatic carbocycles. The van der Waals surface area contributed by atoms with Crippen molar-refractivity contribution in [3.8, 4) is 5.88 Å². The van der Waals surface area contributed by atoms with Gasteiger partial charge in [0.25, 0.3) is 0 Å². The molecular formula is C25H25F10N3O8. The van der Waals surface area contributed by atoms with Gasteiger partial charge < -0.3 is 24.8 Å². The first-order chi connectivity index (χ1) is 21.1. The standard InChI is InChI=1S/C19H22FN3O2.3C2HF3O2/c20-17-4-2-8-22-18(17)24-9-5-16-6-10-25-19(16)13-23(14-19)12-15-3-1-7-21-11-15;3*3-2(4,5)1(6)7/h1-4,7-8,11,16H,5-6,9-10,12-14H2;3*(H,6,7). The van der Waals surface area contributed by atoms with Crippen LogP contribution in [0.15, 0.2) is 42.9 Å². The van der Waals surface area contributed by atoms with Crippen LogP contribution in [-0.4, -0.2) is 98.5 Å². The Hall–Kier alpha value is -4.27. The monoisotopic (exact) mass is 685 g/mol. The third kappa shape index (κ3) is 13.8. The minimum Gasteiger partial charge on any atom is -0.476 e. The molecule has 3 N–H and O–H groups in total. The molecule has 1 spiro atoms. The Morgan fingerprint density at radius 2 is 1.39 bits per heavy atom. The summed E-state index contributed by atoms with van der Waals surface area (Å²) < 4.78 is 120. The smallest absolute Gasteiger partial charge is 0.476 e. The van der Waals surface area contributed by atoms with E-state index in [1.807, 2.05) is 12.3 Å². The van der Waals surface area contributed by atoms with Gasteiger partial charge in [0.1, 0.15) is 0 Å². The van der Waals surface area contributed by atoms with Gasteiger partial charge in [-0.15, -0.1) is 0 Å². The molecule has 2 aromatic rings. The third-order valence-electron chi connectivity index (χ3n) is 5.87. The van der Waals surface area contributed by atoms with Crippen molar-refractivity contribution in [2.75, 3.05) is 26.3 Å². The van der Waals surface area contributed by atoms with Crippen LogP contribution in [0.4, 0.5) is 43.9 Å². The van der Waals surface area contributed by atoms with E-state index in [4.69, 9.17) is 39.2 Å². The Labute approximate surface area is 252 Å². The molecule has 11 nitrogen and oxygen atoms in total. The number of alkyl halides is 9. The van der Waals surface area contributed by atoms with Crippen LogP contribution in [0.3, 0.4) is 0 Å². The predicted octanol–water partition coefficient (Wildman–Crippen LogP) is 4.58. The summed E-state index contributed by atoms with van der Waals surface area (Å²) in [6.45, 7) is 4.03. The second-order valence-corrected chi connectivity index (χ2v) is 9.24. The van der Waals surface area contributed by atoms with Crippen LogP contribution in [0.2, 0.25) is 0 Å².